The highest BCUT2D eigenvalue weighted by atomic mass is 16.5. The molecule has 2 saturated carbocycles. The van der Waals surface area contributed by atoms with Crippen molar-refractivity contribution in [1.29, 1.82) is 0 Å². The average molecular weight is 281 g/mol. The number of hydrogen-bond acceptors (Lipinski definition) is 3. The maximum Gasteiger partial charge on any atom is 0.310 e. The summed E-state index contributed by atoms with van der Waals surface area (Å²) in [4.78, 5) is 26.2. The van der Waals surface area contributed by atoms with E-state index in [1.807, 2.05) is 11.8 Å². The van der Waals surface area contributed by atoms with Gasteiger partial charge < -0.3 is 9.64 Å². The summed E-state index contributed by atoms with van der Waals surface area (Å²) in [6.45, 7) is 4.60. The van der Waals surface area contributed by atoms with Crippen molar-refractivity contribution in [3.05, 3.63) is 0 Å². The molecule has 20 heavy (non-hydrogen) atoms. The van der Waals surface area contributed by atoms with Crippen LogP contribution in [0.5, 0.6) is 0 Å². The number of rotatable bonds is 5. The Kier molecular flexibility index (Phi) is 5.06. The first-order valence-corrected chi connectivity index (χ1v) is 7.93. The predicted molar refractivity (Wildman–Crippen MR) is 77.0 cm³/mol. The lowest BCUT2D eigenvalue weighted by atomic mass is 9.84. The first-order chi connectivity index (χ1) is 9.54. The first kappa shape index (κ1) is 15.3. The molecule has 4 heteroatoms. The molecule has 0 radical (unpaired) electrons. The summed E-state index contributed by atoms with van der Waals surface area (Å²) in [6, 6.07) is 0.309. The zero-order valence-electron chi connectivity index (χ0n) is 12.9. The van der Waals surface area contributed by atoms with E-state index in [0.29, 0.717) is 18.5 Å². The summed E-state index contributed by atoms with van der Waals surface area (Å²) >= 11 is 0. The van der Waals surface area contributed by atoms with Crippen molar-refractivity contribution >= 4 is 11.9 Å². The monoisotopic (exact) mass is 281 g/mol. The minimum Gasteiger partial charge on any atom is -0.469 e. The van der Waals surface area contributed by atoms with Crippen LogP contribution in [0, 0.1) is 17.8 Å². The number of ether oxygens (including phenoxy) is 1. The van der Waals surface area contributed by atoms with Gasteiger partial charge in [0.2, 0.25) is 5.91 Å². The van der Waals surface area contributed by atoms with Crippen LogP contribution in [0.3, 0.4) is 0 Å². The Morgan fingerprint density at radius 3 is 2.40 bits per heavy atom. The third-order valence-corrected chi connectivity index (χ3v) is 4.75. The third kappa shape index (κ3) is 3.53. The SMILES string of the molecule is COC(=O)C(C)CN(C(=O)C1CC1)C1CCCCC1C. The molecule has 0 aromatic rings. The lowest BCUT2D eigenvalue weighted by Crippen LogP contribution is -2.48. The zero-order valence-corrected chi connectivity index (χ0v) is 12.9. The molecule has 1 amide bonds. The van der Waals surface area contributed by atoms with Crippen LogP contribution in [0.1, 0.15) is 52.4 Å². The van der Waals surface area contributed by atoms with Gasteiger partial charge in [-0.1, -0.05) is 26.7 Å². The number of methoxy groups -OCH3 is 1. The fourth-order valence-corrected chi connectivity index (χ4v) is 3.28. The second-order valence-electron chi connectivity index (χ2n) is 6.52. The first-order valence-electron chi connectivity index (χ1n) is 7.93. The molecule has 114 valence electrons. The lowest BCUT2D eigenvalue weighted by Gasteiger charge is -2.39. The molecule has 2 fully saturated rings. The van der Waals surface area contributed by atoms with Crippen LogP contribution in [-0.2, 0) is 14.3 Å². The smallest absolute Gasteiger partial charge is 0.310 e. The molecule has 2 rings (SSSR count). The van der Waals surface area contributed by atoms with E-state index in [-0.39, 0.29) is 23.7 Å². The molecular weight excluding hydrogens is 254 g/mol. The number of hydrogen-bond donors (Lipinski definition) is 0. The van der Waals surface area contributed by atoms with Gasteiger partial charge in [-0.05, 0) is 31.6 Å². The fraction of sp³-hybridized carbons (Fsp3) is 0.875. The van der Waals surface area contributed by atoms with E-state index in [4.69, 9.17) is 4.74 Å². The van der Waals surface area contributed by atoms with E-state index in [1.54, 1.807) is 0 Å². The molecule has 4 nitrogen and oxygen atoms in total. The van der Waals surface area contributed by atoms with E-state index in [9.17, 15) is 9.59 Å². The van der Waals surface area contributed by atoms with Crippen molar-refractivity contribution in [1.82, 2.24) is 4.90 Å². The molecular formula is C16H27NO3. The summed E-state index contributed by atoms with van der Waals surface area (Å²) in [5.41, 5.74) is 0. The van der Waals surface area contributed by atoms with E-state index < -0.39 is 0 Å². The standard InChI is InChI=1S/C16H27NO3/c1-11-6-4-5-7-14(11)17(15(18)13-8-9-13)10-12(2)16(19)20-3/h11-14H,4-10H2,1-3H3. The van der Waals surface area contributed by atoms with Gasteiger partial charge in [-0.3, -0.25) is 9.59 Å². The van der Waals surface area contributed by atoms with Gasteiger partial charge in [0.25, 0.3) is 0 Å². The largest absolute Gasteiger partial charge is 0.469 e. The number of nitrogens with zero attached hydrogens (tertiary/aromatic N) is 1. The van der Waals surface area contributed by atoms with E-state index in [0.717, 1.165) is 19.3 Å². The molecule has 3 unspecified atom stereocenters. The van der Waals surface area contributed by atoms with Crippen LogP contribution in [0.4, 0.5) is 0 Å². The van der Waals surface area contributed by atoms with Crippen molar-refractivity contribution in [2.75, 3.05) is 13.7 Å². The quantitative estimate of drug-likeness (QED) is 0.728. The van der Waals surface area contributed by atoms with E-state index >= 15 is 0 Å². The lowest BCUT2D eigenvalue weighted by molar-refractivity contribution is -0.148. The van der Waals surface area contributed by atoms with E-state index in [2.05, 4.69) is 6.92 Å². The normalized spacial score (nSPS) is 27.8. The Morgan fingerprint density at radius 1 is 1.20 bits per heavy atom. The summed E-state index contributed by atoms with van der Waals surface area (Å²) in [6.07, 6.45) is 6.75. The van der Waals surface area contributed by atoms with Crippen LogP contribution in [0.15, 0.2) is 0 Å². The number of carbonyl (C=O) groups is 2. The molecule has 0 aliphatic heterocycles. The van der Waals surface area contributed by atoms with E-state index in [1.165, 1.54) is 26.4 Å². The van der Waals surface area contributed by atoms with Crippen molar-refractivity contribution in [3.8, 4) is 0 Å². The van der Waals surface area contributed by atoms with Crippen LogP contribution in [0.25, 0.3) is 0 Å². The molecule has 0 aromatic heterocycles. The Morgan fingerprint density at radius 2 is 1.85 bits per heavy atom. The summed E-state index contributed by atoms with van der Waals surface area (Å²) in [5.74, 6) is 0.559. The Bertz CT molecular complexity index is 365. The molecule has 3 atom stereocenters. The summed E-state index contributed by atoms with van der Waals surface area (Å²) in [5, 5.41) is 0. The second-order valence-corrected chi connectivity index (χ2v) is 6.52. The summed E-state index contributed by atoms with van der Waals surface area (Å²) < 4.78 is 4.81. The molecule has 2 aliphatic carbocycles. The Balaban J connectivity index is 2.07. The molecule has 0 aromatic carbocycles. The molecule has 0 saturated heterocycles. The molecule has 2 aliphatic rings. The minimum atomic E-state index is -0.239. The summed E-state index contributed by atoms with van der Waals surface area (Å²) in [7, 11) is 1.41. The zero-order chi connectivity index (χ0) is 14.7. The van der Waals surface area contributed by atoms with Gasteiger partial charge in [-0.15, -0.1) is 0 Å². The average Bonchev–Trinajstić information content (AvgIpc) is 3.28. The van der Waals surface area contributed by atoms with Crippen molar-refractivity contribution < 1.29 is 14.3 Å². The van der Waals surface area contributed by atoms with Gasteiger partial charge in [0.05, 0.1) is 13.0 Å². The van der Waals surface area contributed by atoms with Crippen molar-refractivity contribution in [3.63, 3.8) is 0 Å². The Labute approximate surface area is 121 Å². The highest BCUT2D eigenvalue weighted by Crippen LogP contribution is 2.35. The van der Waals surface area contributed by atoms with Crippen LogP contribution < -0.4 is 0 Å². The third-order valence-electron chi connectivity index (χ3n) is 4.75. The second kappa shape index (κ2) is 6.59. The van der Waals surface area contributed by atoms with Crippen molar-refractivity contribution in [2.24, 2.45) is 17.8 Å². The molecule has 0 spiro atoms. The molecule has 0 bridgehead atoms. The molecule has 0 heterocycles. The highest BCUT2D eigenvalue weighted by Gasteiger charge is 2.39. The van der Waals surface area contributed by atoms with Crippen molar-refractivity contribution in [2.45, 2.75) is 58.4 Å². The highest BCUT2D eigenvalue weighted by molar-refractivity contribution is 5.82. The van der Waals surface area contributed by atoms with Crippen LogP contribution >= 0.6 is 0 Å². The van der Waals surface area contributed by atoms with Gasteiger partial charge in [-0.2, -0.15) is 0 Å². The maximum absolute atomic E-state index is 12.6. The molecule has 0 N–H and O–H groups in total. The van der Waals surface area contributed by atoms with Gasteiger partial charge in [-0.25, -0.2) is 0 Å². The van der Waals surface area contributed by atoms with Crippen LogP contribution in [-0.4, -0.2) is 36.5 Å². The Hall–Kier alpha value is -1.06. The van der Waals surface area contributed by atoms with Gasteiger partial charge in [0.1, 0.15) is 0 Å². The van der Waals surface area contributed by atoms with Crippen LogP contribution in [0.2, 0.25) is 0 Å². The number of amides is 1. The van der Waals surface area contributed by atoms with Gasteiger partial charge >= 0.3 is 5.97 Å². The predicted octanol–water partition coefficient (Wildman–Crippen LogP) is 2.61. The van der Waals surface area contributed by atoms with Gasteiger partial charge in [0.15, 0.2) is 0 Å². The topological polar surface area (TPSA) is 46.6 Å². The van der Waals surface area contributed by atoms with Gasteiger partial charge in [0, 0.05) is 18.5 Å². The minimum absolute atomic E-state index is 0.217. The number of esters is 1. The maximum atomic E-state index is 12.6. The fourth-order valence-electron chi connectivity index (χ4n) is 3.28. The number of carbonyl (C=O) groups excluding carboxylic acids is 2.